The number of carboxylic acids is 1. The molecule has 0 aromatic heterocycles. The van der Waals surface area contributed by atoms with Crippen molar-refractivity contribution in [3.05, 3.63) is 0 Å². The lowest BCUT2D eigenvalue weighted by atomic mass is 10.3. The number of carbonyl (C=O) groups is 2. The molecule has 82 valence electrons. The predicted molar refractivity (Wildman–Crippen MR) is 54.2 cm³/mol. The molecule has 1 aliphatic carbocycles. The van der Waals surface area contributed by atoms with Gasteiger partial charge in [0.15, 0.2) is 0 Å². The highest BCUT2D eigenvalue weighted by molar-refractivity contribution is 5.81. The van der Waals surface area contributed by atoms with E-state index in [2.05, 4.69) is 11.2 Å². The van der Waals surface area contributed by atoms with E-state index in [1.165, 1.54) is 0 Å². The minimum Gasteiger partial charge on any atom is -0.480 e. The van der Waals surface area contributed by atoms with Crippen LogP contribution in [0, 0.1) is 12.3 Å². The smallest absolute Gasteiger partial charge is 0.323 e. The minimum absolute atomic E-state index is 0.00815. The van der Waals surface area contributed by atoms with Crippen molar-refractivity contribution in [2.75, 3.05) is 13.1 Å². The molecule has 5 nitrogen and oxygen atoms in total. The highest BCUT2D eigenvalue weighted by atomic mass is 16.4. The van der Waals surface area contributed by atoms with Crippen molar-refractivity contribution in [2.24, 2.45) is 0 Å². The SMILES string of the molecule is C#CCN(CC(=O)O)C(=O)NC1(C)CC1. The van der Waals surface area contributed by atoms with E-state index >= 15 is 0 Å². The highest BCUT2D eigenvalue weighted by Gasteiger charge is 2.39. The molecule has 0 spiro atoms. The number of nitrogens with zero attached hydrogens (tertiary/aromatic N) is 1. The van der Waals surface area contributed by atoms with E-state index in [1.807, 2.05) is 6.92 Å². The zero-order valence-corrected chi connectivity index (χ0v) is 8.62. The zero-order chi connectivity index (χ0) is 11.5. The maximum absolute atomic E-state index is 11.6. The molecule has 0 aliphatic heterocycles. The molecule has 2 N–H and O–H groups in total. The Labute approximate surface area is 88.4 Å². The lowest BCUT2D eigenvalue weighted by Crippen LogP contribution is -2.47. The maximum Gasteiger partial charge on any atom is 0.323 e. The fourth-order valence-electron chi connectivity index (χ4n) is 1.12. The third-order valence-electron chi connectivity index (χ3n) is 2.30. The summed E-state index contributed by atoms with van der Waals surface area (Å²) in [5, 5.41) is 11.3. The molecule has 0 aromatic rings. The van der Waals surface area contributed by atoms with Gasteiger partial charge in [0.25, 0.3) is 0 Å². The van der Waals surface area contributed by atoms with E-state index in [9.17, 15) is 9.59 Å². The molecule has 2 amide bonds. The first-order chi connectivity index (χ1) is 6.97. The van der Waals surface area contributed by atoms with Gasteiger partial charge in [-0.15, -0.1) is 6.42 Å². The lowest BCUT2D eigenvalue weighted by Gasteiger charge is -2.21. The van der Waals surface area contributed by atoms with Crippen molar-refractivity contribution in [2.45, 2.75) is 25.3 Å². The molecule has 0 bridgehead atoms. The van der Waals surface area contributed by atoms with Crippen molar-refractivity contribution in [1.82, 2.24) is 10.2 Å². The number of hydrogen-bond acceptors (Lipinski definition) is 2. The number of aliphatic carboxylic acids is 1. The van der Waals surface area contributed by atoms with E-state index in [0.717, 1.165) is 17.7 Å². The van der Waals surface area contributed by atoms with Gasteiger partial charge in [-0.05, 0) is 19.8 Å². The molecule has 5 heteroatoms. The fraction of sp³-hybridized carbons (Fsp3) is 0.600. The average molecular weight is 210 g/mol. The normalized spacial score (nSPS) is 16.3. The van der Waals surface area contributed by atoms with E-state index in [0.29, 0.717) is 0 Å². The molecule has 0 saturated heterocycles. The van der Waals surface area contributed by atoms with Crippen LogP contribution in [0.25, 0.3) is 0 Å². The van der Waals surface area contributed by atoms with Gasteiger partial charge in [-0.2, -0.15) is 0 Å². The number of urea groups is 1. The van der Waals surface area contributed by atoms with E-state index in [4.69, 9.17) is 11.5 Å². The number of rotatable bonds is 4. The minimum atomic E-state index is -1.07. The monoisotopic (exact) mass is 210 g/mol. The summed E-state index contributed by atoms with van der Waals surface area (Å²) in [6.45, 7) is 1.56. The van der Waals surface area contributed by atoms with Gasteiger partial charge >= 0.3 is 12.0 Å². The molecule has 1 aliphatic rings. The quantitative estimate of drug-likeness (QED) is 0.654. The van der Waals surface area contributed by atoms with Crippen LogP contribution in [-0.2, 0) is 4.79 Å². The first-order valence-electron chi connectivity index (χ1n) is 4.69. The van der Waals surface area contributed by atoms with Crippen LogP contribution < -0.4 is 5.32 Å². The van der Waals surface area contributed by atoms with Crippen LogP contribution in [0.4, 0.5) is 4.79 Å². The molecule has 1 rings (SSSR count). The number of nitrogens with one attached hydrogen (secondary N) is 1. The Morgan fingerprint density at radius 2 is 2.20 bits per heavy atom. The van der Waals surface area contributed by atoms with Crippen LogP contribution in [0.3, 0.4) is 0 Å². The van der Waals surface area contributed by atoms with Crippen LogP contribution in [0.1, 0.15) is 19.8 Å². The Morgan fingerprint density at radius 3 is 2.60 bits per heavy atom. The summed E-state index contributed by atoms with van der Waals surface area (Å²) in [7, 11) is 0. The summed E-state index contributed by atoms with van der Waals surface area (Å²) in [6.07, 6.45) is 6.91. The predicted octanol–water partition coefficient (Wildman–Crippen LogP) is 0.268. The first-order valence-corrected chi connectivity index (χ1v) is 4.69. The Bertz CT molecular complexity index is 315. The Hall–Kier alpha value is -1.70. The van der Waals surface area contributed by atoms with Gasteiger partial charge in [0.1, 0.15) is 6.54 Å². The highest BCUT2D eigenvalue weighted by Crippen LogP contribution is 2.34. The third-order valence-corrected chi connectivity index (χ3v) is 2.30. The zero-order valence-electron chi connectivity index (χ0n) is 8.62. The number of amides is 2. The van der Waals surface area contributed by atoms with Crippen molar-refractivity contribution < 1.29 is 14.7 Å². The van der Waals surface area contributed by atoms with Crippen LogP contribution in [0.2, 0.25) is 0 Å². The second-order valence-corrected chi connectivity index (χ2v) is 3.94. The summed E-state index contributed by atoms with van der Waals surface area (Å²) >= 11 is 0. The Balaban J connectivity index is 2.51. The van der Waals surface area contributed by atoms with Crippen molar-refractivity contribution in [1.29, 1.82) is 0 Å². The number of carbonyl (C=O) groups excluding carboxylic acids is 1. The molecule has 0 aromatic carbocycles. The van der Waals surface area contributed by atoms with E-state index < -0.39 is 12.0 Å². The summed E-state index contributed by atoms with van der Waals surface area (Å²) in [6, 6.07) is -0.407. The van der Waals surface area contributed by atoms with Gasteiger partial charge in [-0.3, -0.25) is 4.79 Å². The van der Waals surface area contributed by atoms with Crippen molar-refractivity contribution >= 4 is 12.0 Å². The van der Waals surface area contributed by atoms with Gasteiger partial charge in [0.2, 0.25) is 0 Å². The van der Waals surface area contributed by atoms with Crippen LogP contribution >= 0.6 is 0 Å². The third kappa shape index (κ3) is 3.50. The van der Waals surface area contributed by atoms with Gasteiger partial charge in [0.05, 0.1) is 6.54 Å². The topological polar surface area (TPSA) is 69.6 Å². The van der Waals surface area contributed by atoms with E-state index in [1.54, 1.807) is 0 Å². The molecule has 0 atom stereocenters. The first kappa shape index (κ1) is 11.4. The fourth-order valence-corrected chi connectivity index (χ4v) is 1.12. The van der Waals surface area contributed by atoms with E-state index in [-0.39, 0.29) is 18.6 Å². The van der Waals surface area contributed by atoms with Gasteiger partial charge in [-0.25, -0.2) is 4.79 Å². The van der Waals surface area contributed by atoms with Gasteiger partial charge in [-0.1, -0.05) is 5.92 Å². The molecular formula is C10H14N2O3. The molecule has 15 heavy (non-hydrogen) atoms. The largest absolute Gasteiger partial charge is 0.480 e. The van der Waals surface area contributed by atoms with Crippen LogP contribution in [0.15, 0.2) is 0 Å². The Morgan fingerprint density at radius 1 is 1.60 bits per heavy atom. The molecular weight excluding hydrogens is 196 g/mol. The molecule has 1 saturated carbocycles. The molecule has 0 radical (unpaired) electrons. The van der Waals surface area contributed by atoms with Crippen LogP contribution in [-0.4, -0.2) is 40.6 Å². The van der Waals surface area contributed by atoms with Crippen molar-refractivity contribution in [3.63, 3.8) is 0 Å². The maximum atomic E-state index is 11.6. The number of terminal acetylenes is 1. The number of carboxylic acid groups (broad SMARTS) is 1. The summed E-state index contributed by atoms with van der Waals surface area (Å²) < 4.78 is 0. The second-order valence-electron chi connectivity index (χ2n) is 3.94. The van der Waals surface area contributed by atoms with Crippen molar-refractivity contribution in [3.8, 4) is 12.3 Å². The van der Waals surface area contributed by atoms with Gasteiger partial charge in [0, 0.05) is 5.54 Å². The molecule has 1 fully saturated rings. The number of hydrogen-bond donors (Lipinski definition) is 2. The Kier molecular flexibility index (Phi) is 3.20. The molecule has 0 heterocycles. The van der Waals surface area contributed by atoms with Gasteiger partial charge < -0.3 is 15.3 Å². The lowest BCUT2D eigenvalue weighted by molar-refractivity contribution is -0.137. The summed E-state index contributed by atoms with van der Waals surface area (Å²) in [4.78, 5) is 23.2. The molecule has 0 unspecified atom stereocenters. The summed E-state index contributed by atoms with van der Waals surface area (Å²) in [5.41, 5.74) is -0.164. The summed E-state index contributed by atoms with van der Waals surface area (Å²) in [5.74, 6) is 1.19. The standard InChI is InChI=1S/C10H14N2O3/c1-3-6-12(7-8(13)14)9(15)11-10(2)4-5-10/h1H,4-7H2,2H3,(H,11,15)(H,13,14). The van der Waals surface area contributed by atoms with Crippen LogP contribution in [0.5, 0.6) is 0 Å². The second kappa shape index (κ2) is 4.22. The average Bonchev–Trinajstić information content (AvgIpc) is 2.82.